The molecule has 4 heteroatoms. The Morgan fingerprint density at radius 1 is 1.30 bits per heavy atom. The van der Waals surface area contributed by atoms with Crippen LogP contribution in [0.3, 0.4) is 0 Å². The van der Waals surface area contributed by atoms with Crippen molar-refractivity contribution >= 4 is 6.08 Å². The molecule has 2 aromatic rings. The third-order valence-corrected chi connectivity index (χ3v) is 4.22. The van der Waals surface area contributed by atoms with E-state index in [2.05, 4.69) is 16.1 Å². The summed E-state index contributed by atoms with van der Waals surface area (Å²) in [4.78, 5) is 2.48. The fourth-order valence-corrected chi connectivity index (χ4v) is 3.14. The molecule has 2 aliphatic rings. The maximum absolute atomic E-state index is 9.30. The molecule has 20 heavy (non-hydrogen) atoms. The topological polar surface area (TPSA) is 49.5 Å². The smallest absolute Gasteiger partial charge is 0.160 e. The van der Waals surface area contributed by atoms with E-state index in [0.29, 0.717) is 5.92 Å². The largest absolute Gasteiger partial charge is 0.508 e. The number of piperidine rings is 1. The zero-order valence-electron chi connectivity index (χ0n) is 11.1. The number of benzene rings is 1. The van der Waals surface area contributed by atoms with E-state index >= 15 is 0 Å². The molecule has 1 N–H and O–H groups in total. The van der Waals surface area contributed by atoms with Gasteiger partial charge in [0.15, 0.2) is 5.76 Å². The normalized spacial score (nSPS) is 26.5. The average Bonchev–Trinajstić information content (AvgIpc) is 3.16. The Morgan fingerprint density at radius 2 is 2.15 bits per heavy atom. The third-order valence-electron chi connectivity index (χ3n) is 4.22. The number of phenolic OH excluding ortho intramolecular Hbond substituents is 1. The summed E-state index contributed by atoms with van der Waals surface area (Å²) in [6.07, 6.45) is 3.41. The number of hydrogen-bond donors (Lipinski definition) is 1. The van der Waals surface area contributed by atoms with Crippen LogP contribution in [0.2, 0.25) is 0 Å². The van der Waals surface area contributed by atoms with Crippen molar-refractivity contribution in [1.82, 2.24) is 10.1 Å². The summed E-state index contributed by atoms with van der Waals surface area (Å²) in [5, 5.41) is 13.4. The lowest BCUT2D eigenvalue weighted by Gasteiger charge is -2.13. The number of fused-ring (bicyclic) bond motifs is 2. The van der Waals surface area contributed by atoms with Crippen LogP contribution in [0.4, 0.5) is 0 Å². The maximum atomic E-state index is 9.30. The average molecular weight is 268 g/mol. The molecule has 2 aliphatic heterocycles. The molecule has 2 unspecified atom stereocenters. The van der Waals surface area contributed by atoms with Crippen LogP contribution in [-0.4, -0.2) is 34.8 Å². The van der Waals surface area contributed by atoms with E-state index in [9.17, 15) is 5.11 Å². The quantitative estimate of drug-likeness (QED) is 0.910. The van der Waals surface area contributed by atoms with E-state index in [4.69, 9.17) is 4.52 Å². The van der Waals surface area contributed by atoms with Crippen molar-refractivity contribution in [2.45, 2.75) is 6.42 Å². The first-order valence-corrected chi connectivity index (χ1v) is 6.97. The first-order valence-electron chi connectivity index (χ1n) is 6.97. The van der Waals surface area contributed by atoms with Crippen LogP contribution in [0.15, 0.2) is 40.4 Å². The Labute approximate surface area is 117 Å². The summed E-state index contributed by atoms with van der Waals surface area (Å²) in [6, 6.07) is 8.96. The van der Waals surface area contributed by atoms with Crippen molar-refractivity contribution < 1.29 is 9.63 Å². The first-order chi connectivity index (χ1) is 9.78. The number of rotatable bonds is 2. The number of hydrogen-bond acceptors (Lipinski definition) is 4. The van der Waals surface area contributed by atoms with Crippen molar-refractivity contribution in [2.24, 2.45) is 5.92 Å². The zero-order valence-corrected chi connectivity index (χ0v) is 11.1. The lowest BCUT2D eigenvalue weighted by atomic mass is 9.98. The zero-order chi connectivity index (χ0) is 13.5. The minimum Gasteiger partial charge on any atom is -0.508 e. The Kier molecular flexibility index (Phi) is 2.63. The minimum absolute atomic E-state index is 0.260. The van der Waals surface area contributed by atoms with E-state index in [1.54, 1.807) is 12.1 Å². The first kappa shape index (κ1) is 11.7. The highest BCUT2D eigenvalue weighted by atomic mass is 16.5. The fraction of sp³-hybridized carbons (Fsp3) is 0.312. The number of nitrogens with zero attached hydrogens (tertiary/aromatic N) is 2. The monoisotopic (exact) mass is 268 g/mol. The van der Waals surface area contributed by atoms with Gasteiger partial charge in [-0.3, -0.25) is 4.90 Å². The second-order valence-corrected chi connectivity index (χ2v) is 5.60. The van der Waals surface area contributed by atoms with Gasteiger partial charge in [-0.15, -0.1) is 0 Å². The molecular weight excluding hydrogens is 252 g/mol. The summed E-state index contributed by atoms with van der Waals surface area (Å²) in [5.41, 5.74) is 3.22. The molecule has 2 bridgehead atoms. The van der Waals surface area contributed by atoms with Crippen molar-refractivity contribution in [3.8, 4) is 17.0 Å². The van der Waals surface area contributed by atoms with Gasteiger partial charge < -0.3 is 9.63 Å². The van der Waals surface area contributed by atoms with Gasteiger partial charge in [0.2, 0.25) is 0 Å². The van der Waals surface area contributed by atoms with E-state index in [1.807, 2.05) is 18.2 Å². The second kappa shape index (κ2) is 4.49. The van der Waals surface area contributed by atoms with Gasteiger partial charge >= 0.3 is 0 Å². The molecule has 1 aromatic heterocycles. The van der Waals surface area contributed by atoms with Crippen LogP contribution in [0.25, 0.3) is 17.3 Å². The summed E-state index contributed by atoms with van der Waals surface area (Å²) < 4.78 is 5.41. The van der Waals surface area contributed by atoms with Crippen LogP contribution in [-0.2, 0) is 0 Å². The minimum atomic E-state index is 0.260. The lowest BCUT2D eigenvalue weighted by Crippen LogP contribution is -2.17. The second-order valence-electron chi connectivity index (χ2n) is 5.60. The standard InChI is InChI=1S/C16H16N2O2/c19-14-3-1-11(2-4-14)16-8-15(20-17-16)7-13-10-18-6-5-12(13)9-18/h1-4,7-8,12,19H,5-6,9-10H2/b13-7+. The molecule has 3 heterocycles. The molecular formula is C16H16N2O2. The molecule has 1 aromatic carbocycles. The molecule has 0 spiro atoms. The Balaban J connectivity index is 1.59. The Hall–Kier alpha value is -2.07. The van der Waals surface area contributed by atoms with Crippen molar-refractivity contribution in [3.05, 3.63) is 41.7 Å². The number of aromatic hydroxyl groups is 1. The highest BCUT2D eigenvalue weighted by Gasteiger charge is 2.33. The van der Waals surface area contributed by atoms with Crippen molar-refractivity contribution in [3.63, 3.8) is 0 Å². The molecule has 0 saturated carbocycles. The molecule has 2 atom stereocenters. The summed E-state index contributed by atoms with van der Waals surface area (Å²) in [6.45, 7) is 3.50. The van der Waals surface area contributed by atoms with Gasteiger partial charge in [-0.05, 0) is 54.8 Å². The predicted octanol–water partition coefficient (Wildman–Crippen LogP) is 2.77. The number of phenols is 1. The van der Waals surface area contributed by atoms with Crippen LogP contribution < -0.4 is 0 Å². The van der Waals surface area contributed by atoms with Gasteiger partial charge in [0, 0.05) is 24.7 Å². The van der Waals surface area contributed by atoms with Gasteiger partial charge in [-0.2, -0.15) is 0 Å². The van der Waals surface area contributed by atoms with E-state index < -0.39 is 0 Å². The fourth-order valence-electron chi connectivity index (χ4n) is 3.14. The maximum Gasteiger partial charge on any atom is 0.160 e. The molecule has 0 amide bonds. The van der Waals surface area contributed by atoms with Gasteiger partial charge in [0.25, 0.3) is 0 Å². The molecule has 2 fully saturated rings. The van der Waals surface area contributed by atoms with Gasteiger partial charge in [-0.1, -0.05) is 5.16 Å². The van der Waals surface area contributed by atoms with Crippen LogP contribution in [0.5, 0.6) is 5.75 Å². The molecule has 4 nitrogen and oxygen atoms in total. The SMILES string of the molecule is Oc1ccc(-c2cc(/C=C3\CN4CCC3C4)on2)cc1. The summed E-state index contributed by atoms with van der Waals surface area (Å²) >= 11 is 0. The Morgan fingerprint density at radius 3 is 2.85 bits per heavy atom. The molecule has 0 radical (unpaired) electrons. The Bertz CT molecular complexity index is 657. The number of aromatic nitrogens is 1. The molecule has 102 valence electrons. The highest BCUT2D eigenvalue weighted by Crippen LogP contribution is 2.34. The van der Waals surface area contributed by atoms with Crippen molar-refractivity contribution in [2.75, 3.05) is 19.6 Å². The molecule has 2 saturated heterocycles. The van der Waals surface area contributed by atoms with Crippen LogP contribution >= 0.6 is 0 Å². The van der Waals surface area contributed by atoms with Crippen LogP contribution in [0, 0.1) is 5.92 Å². The third kappa shape index (κ3) is 2.02. The van der Waals surface area contributed by atoms with Crippen LogP contribution in [0.1, 0.15) is 12.2 Å². The van der Waals surface area contributed by atoms with Gasteiger partial charge in [0.1, 0.15) is 11.4 Å². The van der Waals surface area contributed by atoms with E-state index in [1.165, 1.54) is 25.1 Å². The summed E-state index contributed by atoms with van der Waals surface area (Å²) in [7, 11) is 0. The molecule has 4 rings (SSSR count). The van der Waals surface area contributed by atoms with E-state index in [-0.39, 0.29) is 5.75 Å². The predicted molar refractivity (Wildman–Crippen MR) is 76.1 cm³/mol. The summed E-state index contributed by atoms with van der Waals surface area (Å²) in [5.74, 6) is 1.78. The van der Waals surface area contributed by atoms with Crippen molar-refractivity contribution in [1.29, 1.82) is 0 Å². The molecule has 0 aliphatic carbocycles. The van der Waals surface area contributed by atoms with Gasteiger partial charge in [0.05, 0.1) is 0 Å². The van der Waals surface area contributed by atoms with E-state index in [0.717, 1.165) is 23.6 Å². The lowest BCUT2D eigenvalue weighted by molar-refractivity contribution is 0.391. The highest BCUT2D eigenvalue weighted by molar-refractivity contribution is 5.63. The van der Waals surface area contributed by atoms with Gasteiger partial charge in [-0.25, -0.2) is 0 Å².